The van der Waals surface area contributed by atoms with E-state index in [1.165, 1.54) is 18.5 Å². The summed E-state index contributed by atoms with van der Waals surface area (Å²) in [6.45, 7) is 23.4. The third kappa shape index (κ3) is 15.9. The van der Waals surface area contributed by atoms with Gasteiger partial charge in [-0.2, -0.15) is 5.10 Å². The highest BCUT2D eigenvalue weighted by molar-refractivity contribution is 5.52. The fourth-order valence-electron chi connectivity index (χ4n) is 2.24. The fraction of sp³-hybridized carbons (Fsp3) is 0.682. The Morgan fingerprint density at radius 3 is 1.88 bits per heavy atom. The molecule has 1 saturated heterocycles. The van der Waals surface area contributed by atoms with Crippen LogP contribution in [0.15, 0.2) is 35.4 Å². The van der Waals surface area contributed by atoms with Gasteiger partial charge in [0.25, 0.3) is 0 Å². The van der Waals surface area contributed by atoms with Gasteiger partial charge in [-0.3, -0.25) is 9.91 Å². The first-order chi connectivity index (χ1) is 12.4. The molecule has 0 aliphatic carbocycles. The summed E-state index contributed by atoms with van der Waals surface area (Å²) < 4.78 is 0. The van der Waals surface area contributed by atoms with Crippen molar-refractivity contribution < 1.29 is 0 Å². The molecule has 1 aromatic carbocycles. The highest BCUT2D eigenvalue weighted by Crippen LogP contribution is 2.08. The summed E-state index contributed by atoms with van der Waals surface area (Å²) in [5, 5.41) is 6.54. The first-order valence-electron chi connectivity index (χ1n) is 10.4. The van der Waals surface area contributed by atoms with Crippen LogP contribution in [0.5, 0.6) is 0 Å². The third-order valence-corrected chi connectivity index (χ3v) is 3.09. The van der Waals surface area contributed by atoms with Crippen molar-refractivity contribution in [3.63, 3.8) is 0 Å². The van der Waals surface area contributed by atoms with Gasteiger partial charge in [0.15, 0.2) is 0 Å². The van der Waals surface area contributed by atoms with Gasteiger partial charge < -0.3 is 0 Å². The molecule has 3 nitrogen and oxygen atoms in total. The molecule has 1 aromatic rings. The smallest absolute Gasteiger partial charge is 0.0487 e. The lowest BCUT2D eigenvalue weighted by atomic mass is 10.2. The minimum absolute atomic E-state index is 1.04. The van der Waals surface area contributed by atoms with E-state index in [9.17, 15) is 0 Å². The Balaban J connectivity index is -0.000000533. The van der Waals surface area contributed by atoms with Crippen LogP contribution in [0, 0.1) is 0 Å². The topological polar surface area (TPSA) is 18.8 Å². The summed E-state index contributed by atoms with van der Waals surface area (Å²) in [5.74, 6) is 0. The second-order valence-electron chi connectivity index (χ2n) is 4.44. The zero-order chi connectivity index (χ0) is 19.9. The van der Waals surface area contributed by atoms with Crippen molar-refractivity contribution in [3.05, 3.63) is 35.9 Å². The molecule has 1 heterocycles. The first-order valence-corrected chi connectivity index (χ1v) is 10.4. The van der Waals surface area contributed by atoms with Crippen LogP contribution in [0.3, 0.4) is 0 Å². The molecular formula is C22H45N3. The average molecular weight is 352 g/mol. The second kappa shape index (κ2) is 24.9. The lowest BCUT2D eigenvalue weighted by Crippen LogP contribution is -2.28. The molecule has 25 heavy (non-hydrogen) atoms. The van der Waals surface area contributed by atoms with Crippen LogP contribution >= 0.6 is 0 Å². The van der Waals surface area contributed by atoms with E-state index >= 15 is 0 Å². The van der Waals surface area contributed by atoms with E-state index in [1.54, 1.807) is 0 Å². The Bertz CT molecular complexity index is 350. The van der Waals surface area contributed by atoms with Crippen molar-refractivity contribution in [2.24, 2.45) is 5.10 Å². The number of hydrogen-bond donors (Lipinski definition) is 0. The maximum absolute atomic E-state index is 4.37. The molecule has 3 heteroatoms. The van der Waals surface area contributed by atoms with Crippen molar-refractivity contribution >= 4 is 6.21 Å². The van der Waals surface area contributed by atoms with Gasteiger partial charge in [-0.05, 0) is 18.9 Å². The number of nitrogens with zero attached hydrogens (tertiary/aromatic N) is 3. The van der Waals surface area contributed by atoms with Gasteiger partial charge >= 0.3 is 0 Å². The van der Waals surface area contributed by atoms with Gasteiger partial charge in [-0.25, -0.2) is 0 Å². The monoisotopic (exact) mass is 351 g/mol. The van der Waals surface area contributed by atoms with E-state index in [4.69, 9.17) is 0 Å². The summed E-state index contributed by atoms with van der Waals surface area (Å²) in [6, 6.07) is 10.7. The molecule has 0 spiro atoms. The Morgan fingerprint density at radius 2 is 1.36 bits per heavy atom. The predicted octanol–water partition coefficient (Wildman–Crippen LogP) is 6.30. The Kier molecular flexibility index (Phi) is 28.3. The van der Waals surface area contributed by atoms with Crippen molar-refractivity contribution in [3.8, 4) is 0 Å². The van der Waals surface area contributed by atoms with Gasteiger partial charge in [-0.1, -0.05) is 85.7 Å². The van der Waals surface area contributed by atoms with E-state index in [0.717, 1.165) is 26.2 Å². The normalized spacial score (nSPS) is 13.6. The molecule has 0 bridgehead atoms. The number of hydrazone groups is 1. The molecule has 2 rings (SSSR count). The second-order valence-corrected chi connectivity index (χ2v) is 4.44. The van der Waals surface area contributed by atoms with Crippen molar-refractivity contribution in [2.45, 2.75) is 75.3 Å². The molecule has 1 aliphatic heterocycles. The standard InChI is InChI=1S/C14H21N3.4C2H6/c1-2-15-17-10-6-9-16(11-12-17)13-14-7-4-3-5-8-14;4*1-2/h2-5,7-8H,6,9-13H2,1H3;4*1-2H3. The van der Waals surface area contributed by atoms with Crippen LogP contribution in [0.25, 0.3) is 0 Å². The van der Waals surface area contributed by atoms with Gasteiger partial charge in [0.2, 0.25) is 0 Å². The highest BCUT2D eigenvalue weighted by Gasteiger charge is 2.12. The largest absolute Gasteiger partial charge is 0.297 e. The number of benzene rings is 1. The lowest BCUT2D eigenvalue weighted by molar-refractivity contribution is 0.257. The zero-order valence-corrected chi connectivity index (χ0v) is 18.5. The Labute approximate surface area is 159 Å². The van der Waals surface area contributed by atoms with Crippen LogP contribution in [0.1, 0.15) is 74.3 Å². The fourth-order valence-corrected chi connectivity index (χ4v) is 2.24. The quantitative estimate of drug-likeness (QED) is 0.595. The lowest BCUT2D eigenvalue weighted by Gasteiger charge is -2.20. The maximum atomic E-state index is 4.37. The molecule has 0 aromatic heterocycles. The molecule has 0 atom stereocenters. The van der Waals surface area contributed by atoms with Crippen LogP contribution < -0.4 is 0 Å². The molecule has 0 radical (unpaired) electrons. The average Bonchev–Trinajstić information content (AvgIpc) is 2.94. The van der Waals surface area contributed by atoms with E-state index in [0.29, 0.717) is 0 Å². The van der Waals surface area contributed by atoms with Crippen LogP contribution in [-0.2, 0) is 6.54 Å². The first kappa shape index (κ1) is 28.5. The van der Waals surface area contributed by atoms with E-state index in [1.807, 2.05) is 68.5 Å². The van der Waals surface area contributed by atoms with Gasteiger partial charge in [0.1, 0.15) is 0 Å². The molecule has 0 N–H and O–H groups in total. The minimum Gasteiger partial charge on any atom is -0.297 e. The molecule has 1 aliphatic rings. The van der Waals surface area contributed by atoms with Crippen LogP contribution in [0.4, 0.5) is 0 Å². The van der Waals surface area contributed by atoms with Crippen molar-refractivity contribution in [1.29, 1.82) is 0 Å². The minimum atomic E-state index is 1.04. The van der Waals surface area contributed by atoms with E-state index < -0.39 is 0 Å². The van der Waals surface area contributed by atoms with Gasteiger partial charge in [-0.15, -0.1) is 0 Å². The molecule has 0 amide bonds. The van der Waals surface area contributed by atoms with Gasteiger partial charge in [0, 0.05) is 38.9 Å². The summed E-state index contributed by atoms with van der Waals surface area (Å²) in [4.78, 5) is 2.51. The van der Waals surface area contributed by atoms with Crippen molar-refractivity contribution in [1.82, 2.24) is 9.91 Å². The van der Waals surface area contributed by atoms with E-state index in [-0.39, 0.29) is 0 Å². The Morgan fingerprint density at radius 1 is 0.800 bits per heavy atom. The van der Waals surface area contributed by atoms with Crippen molar-refractivity contribution in [2.75, 3.05) is 26.2 Å². The van der Waals surface area contributed by atoms with Crippen LogP contribution in [0.2, 0.25) is 0 Å². The molecule has 0 unspecified atom stereocenters. The Hall–Kier alpha value is -1.35. The summed E-state index contributed by atoms with van der Waals surface area (Å²) in [6.07, 6.45) is 3.08. The molecule has 1 fully saturated rings. The summed E-state index contributed by atoms with van der Waals surface area (Å²) >= 11 is 0. The molecule has 148 valence electrons. The predicted molar refractivity (Wildman–Crippen MR) is 117 cm³/mol. The van der Waals surface area contributed by atoms with E-state index in [2.05, 4.69) is 45.3 Å². The summed E-state index contributed by atoms with van der Waals surface area (Å²) in [5.41, 5.74) is 1.40. The number of rotatable bonds is 3. The highest BCUT2D eigenvalue weighted by atomic mass is 15.5. The summed E-state index contributed by atoms with van der Waals surface area (Å²) in [7, 11) is 0. The maximum Gasteiger partial charge on any atom is 0.0487 e. The zero-order valence-electron chi connectivity index (χ0n) is 18.5. The molecular weight excluding hydrogens is 306 g/mol. The number of hydrogen-bond acceptors (Lipinski definition) is 3. The van der Waals surface area contributed by atoms with Gasteiger partial charge in [0.05, 0.1) is 0 Å². The molecule has 0 saturated carbocycles. The SMILES string of the molecule is CC.CC.CC.CC.CC=NN1CCCN(Cc2ccccc2)CC1. The third-order valence-electron chi connectivity index (χ3n) is 3.09. The van der Waals surface area contributed by atoms with Crippen LogP contribution in [-0.4, -0.2) is 42.3 Å².